The summed E-state index contributed by atoms with van der Waals surface area (Å²) in [5.74, 6) is -1.68. The molecule has 0 spiro atoms. The maximum absolute atomic E-state index is 11.9. The zero-order valence-corrected chi connectivity index (χ0v) is 10.4. The molecule has 1 rings (SSSR count). The highest BCUT2D eigenvalue weighted by Gasteiger charge is 2.56. The SMILES string of the molecule is CCOC(=O)C1(C(=O)OCC)CC(=O)C(C)C1. The van der Waals surface area contributed by atoms with Crippen molar-refractivity contribution in [3.63, 3.8) is 0 Å². The number of rotatable bonds is 4. The van der Waals surface area contributed by atoms with E-state index < -0.39 is 17.4 Å². The quantitative estimate of drug-likeness (QED) is 0.545. The average molecular weight is 242 g/mol. The summed E-state index contributed by atoms with van der Waals surface area (Å²) in [6.07, 6.45) is 0.0787. The Bertz CT molecular complexity index is 316. The summed E-state index contributed by atoms with van der Waals surface area (Å²) >= 11 is 0. The first kappa shape index (κ1) is 13.7. The number of hydrogen-bond acceptors (Lipinski definition) is 5. The minimum absolute atomic E-state index is 0.0916. The van der Waals surface area contributed by atoms with Crippen molar-refractivity contribution in [2.45, 2.75) is 33.6 Å². The highest BCUT2D eigenvalue weighted by atomic mass is 16.6. The van der Waals surface area contributed by atoms with Gasteiger partial charge in [0, 0.05) is 12.3 Å². The number of Topliss-reactive ketones (excluding diaryl/α,β-unsaturated/α-hetero) is 1. The molecule has 17 heavy (non-hydrogen) atoms. The fraction of sp³-hybridized carbons (Fsp3) is 0.750. The van der Waals surface area contributed by atoms with Crippen molar-refractivity contribution >= 4 is 17.7 Å². The normalized spacial score (nSPS) is 22.3. The number of esters is 2. The van der Waals surface area contributed by atoms with Crippen molar-refractivity contribution < 1.29 is 23.9 Å². The van der Waals surface area contributed by atoms with Gasteiger partial charge < -0.3 is 9.47 Å². The molecular weight excluding hydrogens is 224 g/mol. The molecule has 1 fully saturated rings. The van der Waals surface area contributed by atoms with Gasteiger partial charge in [-0.05, 0) is 20.3 Å². The Kier molecular flexibility index (Phi) is 4.26. The molecule has 0 aliphatic heterocycles. The van der Waals surface area contributed by atoms with Gasteiger partial charge in [-0.25, -0.2) is 0 Å². The Balaban J connectivity index is 2.98. The molecule has 0 amide bonds. The molecule has 1 unspecified atom stereocenters. The molecular formula is C12H18O5. The fourth-order valence-electron chi connectivity index (χ4n) is 2.11. The third-order valence-corrected chi connectivity index (χ3v) is 3.01. The van der Waals surface area contributed by atoms with E-state index in [9.17, 15) is 14.4 Å². The molecule has 1 atom stereocenters. The van der Waals surface area contributed by atoms with E-state index in [1.54, 1.807) is 20.8 Å². The van der Waals surface area contributed by atoms with Gasteiger partial charge in [0.25, 0.3) is 0 Å². The minimum Gasteiger partial charge on any atom is -0.465 e. The van der Waals surface area contributed by atoms with E-state index in [-0.39, 0.29) is 37.8 Å². The van der Waals surface area contributed by atoms with E-state index in [4.69, 9.17) is 9.47 Å². The Hall–Kier alpha value is -1.39. The Morgan fingerprint density at radius 3 is 2.00 bits per heavy atom. The van der Waals surface area contributed by atoms with Crippen LogP contribution in [0.15, 0.2) is 0 Å². The molecule has 0 aromatic rings. The lowest BCUT2D eigenvalue weighted by Crippen LogP contribution is -2.40. The predicted octanol–water partition coefficient (Wildman–Crippen LogP) is 1.10. The highest BCUT2D eigenvalue weighted by molar-refractivity contribution is 6.06. The largest absolute Gasteiger partial charge is 0.465 e. The van der Waals surface area contributed by atoms with Gasteiger partial charge in [0.05, 0.1) is 13.2 Å². The zero-order valence-electron chi connectivity index (χ0n) is 10.4. The van der Waals surface area contributed by atoms with Crippen molar-refractivity contribution in [3.8, 4) is 0 Å². The maximum Gasteiger partial charge on any atom is 0.323 e. The van der Waals surface area contributed by atoms with E-state index in [1.807, 2.05) is 0 Å². The van der Waals surface area contributed by atoms with Crippen LogP contribution in [0.5, 0.6) is 0 Å². The topological polar surface area (TPSA) is 69.7 Å². The molecule has 0 aromatic heterocycles. The first-order valence-corrected chi connectivity index (χ1v) is 5.85. The van der Waals surface area contributed by atoms with E-state index in [0.29, 0.717) is 0 Å². The number of carbonyl (C=O) groups is 3. The summed E-state index contributed by atoms with van der Waals surface area (Å²) in [6, 6.07) is 0. The summed E-state index contributed by atoms with van der Waals surface area (Å²) in [4.78, 5) is 35.4. The van der Waals surface area contributed by atoms with Crippen LogP contribution in [0.1, 0.15) is 33.6 Å². The first-order valence-electron chi connectivity index (χ1n) is 5.85. The second-order valence-electron chi connectivity index (χ2n) is 4.27. The number of carbonyl (C=O) groups excluding carboxylic acids is 3. The molecule has 1 aliphatic carbocycles. The molecule has 1 aliphatic rings. The Morgan fingerprint density at radius 2 is 1.71 bits per heavy atom. The zero-order chi connectivity index (χ0) is 13.1. The molecule has 96 valence electrons. The van der Waals surface area contributed by atoms with Gasteiger partial charge in [-0.1, -0.05) is 6.92 Å². The molecule has 0 saturated heterocycles. The number of ketones is 1. The number of hydrogen-bond donors (Lipinski definition) is 0. The van der Waals surface area contributed by atoms with E-state index in [1.165, 1.54) is 0 Å². The molecule has 0 radical (unpaired) electrons. The van der Waals surface area contributed by atoms with E-state index >= 15 is 0 Å². The monoisotopic (exact) mass is 242 g/mol. The second-order valence-corrected chi connectivity index (χ2v) is 4.27. The maximum atomic E-state index is 11.9. The van der Waals surface area contributed by atoms with Crippen LogP contribution in [0.3, 0.4) is 0 Å². The van der Waals surface area contributed by atoms with Crippen LogP contribution in [0.25, 0.3) is 0 Å². The van der Waals surface area contributed by atoms with Gasteiger partial charge in [-0.2, -0.15) is 0 Å². The van der Waals surface area contributed by atoms with Gasteiger partial charge in [0.2, 0.25) is 0 Å². The molecule has 0 bridgehead atoms. The molecule has 1 saturated carbocycles. The standard InChI is InChI=1S/C12H18O5/c1-4-16-10(14)12(11(15)17-5-2)6-8(3)9(13)7-12/h8H,4-7H2,1-3H3. The lowest BCUT2D eigenvalue weighted by molar-refractivity contribution is -0.172. The average Bonchev–Trinajstić information content (AvgIpc) is 2.57. The summed E-state index contributed by atoms with van der Waals surface area (Å²) in [5.41, 5.74) is -1.41. The van der Waals surface area contributed by atoms with Crippen molar-refractivity contribution in [1.82, 2.24) is 0 Å². The lowest BCUT2D eigenvalue weighted by Gasteiger charge is -2.23. The van der Waals surface area contributed by atoms with Crippen LogP contribution in [0.2, 0.25) is 0 Å². The molecule has 5 heteroatoms. The molecule has 5 nitrogen and oxygen atoms in total. The lowest BCUT2D eigenvalue weighted by atomic mass is 9.85. The summed E-state index contributed by atoms with van der Waals surface area (Å²) in [6.45, 7) is 5.40. The van der Waals surface area contributed by atoms with Gasteiger partial charge in [-0.3, -0.25) is 14.4 Å². The summed E-state index contributed by atoms with van der Waals surface area (Å²) < 4.78 is 9.80. The van der Waals surface area contributed by atoms with Gasteiger partial charge >= 0.3 is 11.9 Å². The van der Waals surface area contributed by atoms with E-state index in [2.05, 4.69) is 0 Å². The van der Waals surface area contributed by atoms with Crippen molar-refractivity contribution in [1.29, 1.82) is 0 Å². The predicted molar refractivity (Wildman–Crippen MR) is 59.1 cm³/mol. The highest BCUT2D eigenvalue weighted by Crippen LogP contribution is 2.41. The van der Waals surface area contributed by atoms with E-state index in [0.717, 1.165) is 0 Å². The van der Waals surface area contributed by atoms with Gasteiger partial charge in [-0.15, -0.1) is 0 Å². The van der Waals surface area contributed by atoms with Crippen LogP contribution in [-0.4, -0.2) is 30.9 Å². The van der Waals surface area contributed by atoms with Crippen LogP contribution >= 0.6 is 0 Å². The summed E-state index contributed by atoms with van der Waals surface area (Å²) in [7, 11) is 0. The number of ether oxygens (including phenoxy) is 2. The van der Waals surface area contributed by atoms with Crippen LogP contribution in [0.4, 0.5) is 0 Å². The van der Waals surface area contributed by atoms with Crippen LogP contribution in [0, 0.1) is 11.3 Å². The van der Waals surface area contributed by atoms with Crippen LogP contribution in [-0.2, 0) is 23.9 Å². The van der Waals surface area contributed by atoms with Crippen molar-refractivity contribution in [3.05, 3.63) is 0 Å². The fourth-order valence-corrected chi connectivity index (χ4v) is 2.11. The molecule has 0 N–H and O–H groups in total. The summed E-state index contributed by atoms with van der Waals surface area (Å²) in [5, 5.41) is 0. The second kappa shape index (κ2) is 5.29. The Morgan fingerprint density at radius 1 is 1.24 bits per heavy atom. The molecule has 0 aromatic carbocycles. The third kappa shape index (κ3) is 2.48. The van der Waals surface area contributed by atoms with Crippen molar-refractivity contribution in [2.24, 2.45) is 11.3 Å². The smallest absolute Gasteiger partial charge is 0.323 e. The first-order chi connectivity index (χ1) is 7.97. The third-order valence-electron chi connectivity index (χ3n) is 3.01. The Labute approximate surface area is 100 Å². The van der Waals surface area contributed by atoms with Crippen LogP contribution < -0.4 is 0 Å². The van der Waals surface area contributed by atoms with Gasteiger partial charge in [0.1, 0.15) is 5.78 Å². The van der Waals surface area contributed by atoms with Crippen molar-refractivity contribution in [2.75, 3.05) is 13.2 Å². The minimum atomic E-state index is -1.41. The molecule has 0 heterocycles. The van der Waals surface area contributed by atoms with Gasteiger partial charge in [0.15, 0.2) is 5.41 Å².